The van der Waals surface area contributed by atoms with Crippen LogP contribution in [0.25, 0.3) is 0 Å². The first-order valence-corrected chi connectivity index (χ1v) is 5.14. The largest absolute Gasteiger partial charge is 0.391 e. The summed E-state index contributed by atoms with van der Waals surface area (Å²) in [7, 11) is 0. The third kappa shape index (κ3) is 2.22. The number of aliphatic hydroxyl groups is 1. The summed E-state index contributed by atoms with van der Waals surface area (Å²) in [6.45, 7) is 8.82. The van der Waals surface area contributed by atoms with Crippen LogP contribution in [-0.2, 0) is 0 Å². The molecule has 0 saturated carbocycles. The second kappa shape index (κ2) is 3.95. The molecule has 0 amide bonds. The topological polar surface area (TPSA) is 49.5 Å². The van der Waals surface area contributed by atoms with E-state index in [0.717, 1.165) is 19.5 Å². The van der Waals surface area contributed by atoms with Crippen molar-refractivity contribution in [1.82, 2.24) is 4.90 Å². The third-order valence-electron chi connectivity index (χ3n) is 3.29. The fourth-order valence-corrected chi connectivity index (χ4v) is 1.88. The summed E-state index contributed by atoms with van der Waals surface area (Å²) in [5.41, 5.74) is 5.73. The number of hydrogen-bond acceptors (Lipinski definition) is 3. The summed E-state index contributed by atoms with van der Waals surface area (Å²) in [5, 5.41) is 9.74. The van der Waals surface area contributed by atoms with Crippen LogP contribution < -0.4 is 5.73 Å². The van der Waals surface area contributed by atoms with E-state index in [2.05, 4.69) is 25.7 Å². The van der Waals surface area contributed by atoms with Crippen molar-refractivity contribution in [2.75, 3.05) is 19.6 Å². The van der Waals surface area contributed by atoms with Gasteiger partial charge in [-0.05, 0) is 26.2 Å². The molecule has 2 unspecified atom stereocenters. The molecule has 0 aromatic heterocycles. The second-order valence-corrected chi connectivity index (χ2v) is 4.66. The van der Waals surface area contributed by atoms with E-state index in [9.17, 15) is 5.11 Å². The molecular formula is C10H22N2O. The van der Waals surface area contributed by atoms with Crippen LogP contribution in [0.2, 0.25) is 0 Å². The molecule has 3 nitrogen and oxygen atoms in total. The predicted octanol–water partition coefficient (Wildman–Crippen LogP) is 0.426. The maximum Gasteiger partial charge on any atom is 0.0707 e. The van der Waals surface area contributed by atoms with E-state index in [1.165, 1.54) is 0 Å². The van der Waals surface area contributed by atoms with Gasteiger partial charge in [0.15, 0.2) is 0 Å². The minimum atomic E-state index is -0.157. The monoisotopic (exact) mass is 186 g/mol. The Bertz CT molecular complexity index is 170. The van der Waals surface area contributed by atoms with Crippen molar-refractivity contribution in [3.05, 3.63) is 0 Å². The zero-order chi connectivity index (χ0) is 10.1. The molecular weight excluding hydrogens is 164 g/mol. The van der Waals surface area contributed by atoms with Crippen molar-refractivity contribution in [2.24, 2.45) is 11.7 Å². The van der Waals surface area contributed by atoms with Crippen LogP contribution in [-0.4, -0.2) is 41.3 Å². The number of aliphatic hydroxyl groups excluding tert-OH is 1. The van der Waals surface area contributed by atoms with Gasteiger partial charge in [0, 0.05) is 25.2 Å². The van der Waals surface area contributed by atoms with Crippen LogP contribution in [0.15, 0.2) is 0 Å². The number of β-amino-alcohol motifs (C(OH)–C–C–N with tert-alkyl or cyclic N) is 1. The van der Waals surface area contributed by atoms with Gasteiger partial charge in [0.25, 0.3) is 0 Å². The van der Waals surface area contributed by atoms with E-state index >= 15 is 0 Å². The van der Waals surface area contributed by atoms with Crippen molar-refractivity contribution in [3.63, 3.8) is 0 Å². The lowest BCUT2D eigenvalue weighted by Gasteiger charge is -2.34. The molecule has 0 bridgehead atoms. The summed E-state index contributed by atoms with van der Waals surface area (Å²) in [6, 6.07) is 0. The molecule has 0 spiro atoms. The predicted molar refractivity (Wildman–Crippen MR) is 54.5 cm³/mol. The van der Waals surface area contributed by atoms with Crippen molar-refractivity contribution >= 4 is 0 Å². The van der Waals surface area contributed by atoms with Crippen LogP contribution in [0.5, 0.6) is 0 Å². The number of hydrogen-bond donors (Lipinski definition) is 2. The highest BCUT2D eigenvalue weighted by molar-refractivity contribution is 4.92. The number of nitrogens with two attached hydrogens (primary N) is 1. The zero-order valence-electron chi connectivity index (χ0n) is 8.95. The van der Waals surface area contributed by atoms with Crippen LogP contribution in [0, 0.1) is 5.92 Å². The van der Waals surface area contributed by atoms with Gasteiger partial charge in [-0.15, -0.1) is 0 Å². The van der Waals surface area contributed by atoms with E-state index in [4.69, 9.17) is 5.73 Å². The zero-order valence-corrected chi connectivity index (χ0v) is 8.95. The van der Waals surface area contributed by atoms with Gasteiger partial charge in [-0.1, -0.05) is 6.92 Å². The highest BCUT2D eigenvalue weighted by Crippen LogP contribution is 2.26. The second-order valence-electron chi connectivity index (χ2n) is 4.66. The fourth-order valence-electron chi connectivity index (χ4n) is 1.88. The molecule has 1 aliphatic rings. The molecule has 1 fully saturated rings. The van der Waals surface area contributed by atoms with Crippen LogP contribution in [0.4, 0.5) is 0 Å². The van der Waals surface area contributed by atoms with Crippen molar-refractivity contribution in [1.29, 1.82) is 0 Å². The maximum absolute atomic E-state index is 9.74. The van der Waals surface area contributed by atoms with Crippen molar-refractivity contribution in [2.45, 2.75) is 38.8 Å². The van der Waals surface area contributed by atoms with Gasteiger partial charge < -0.3 is 10.8 Å². The Hall–Kier alpha value is -0.120. The van der Waals surface area contributed by atoms with E-state index in [0.29, 0.717) is 12.5 Å². The van der Waals surface area contributed by atoms with Gasteiger partial charge in [0.05, 0.1) is 6.10 Å². The van der Waals surface area contributed by atoms with Crippen molar-refractivity contribution in [3.8, 4) is 0 Å². The Kier molecular flexibility index (Phi) is 3.33. The maximum atomic E-state index is 9.74. The first kappa shape index (κ1) is 11.0. The lowest BCUT2D eigenvalue weighted by atomic mass is 10.0. The van der Waals surface area contributed by atoms with Crippen molar-refractivity contribution < 1.29 is 5.11 Å². The molecule has 78 valence electrons. The minimum Gasteiger partial charge on any atom is -0.391 e. The van der Waals surface area contributed by atoms with E-state index < -0.39 is 0 Å². The Morgan fingerprint density at radius 1 is 1.46 bits per heavy atom. The molecule has 1 aliphatic heterocycles. The average Bonchev–Trinajstić information content (AvgIpc) is 2.47. The molecule has 13 heavy (non-hydrogen) atoms. The highest BCUT2D eigenvalue weighted by Gasteiger charge is 2.36. The molecule has 1 saturated heterocycles. The number of rotatable bonds is 3. The highest BCUT2D eigenvalue weighted by atomic mass is 16.3. The Morgan fingerprint density at radius 3 is 2.46 bits per heavy atom. The smallest absolute Gasteiger partial charge is 0.0707 e. The Labute approximate surface area is 80.9 Å². The summed E-state index contributed by atoms with van der Waals surface area (Å²) in [4.78, 5) is 2.30. The van der Waals surface area contributed by atoms with Gasteiger partial charge >= 0.3 is 0 Å². The lowest BCUT2D eigenvalue weighted by Crippen LogP contribution is -2.48. The quantitative estimate of drug-likeness (QED) is 0.672. The van der Waals surface area contributed by atoms with Crippen LogP contribution in [0.1, 0.15) is 27.2 Å². The van der Waals surface area contributed by atoms with E-state index in [1.807, 2.05) is 0 Å². The van der Waals surface area contributed by atoms with Gasteiger partial charge in [0.1, 0.15) is 0 Å². The van der Waals surface area contributed by atoms with Gasteiger partial charge in [-0.3, -0.25) is 4.90 Å². The summed E-state index contributed by atoms with van der Waals surface area (Å²) in [5.74, 6) is 0.436. The molecule has 0 aliphatic carbocycles. The Morgan fingerprint density at radius 2 is 2.08 bits per heavy atom. The number of nitrogens with zero attached hydrogens (tertiary/aromatic N) is 1. The van der Waals surface area contributed by atoms with Crippen LogP contribution >= 0.6 is 0 Å². The SMILES string of the molecule is CCC1CN(C(C)(C)CN)CC1O. The van der Waals surface area contributed by atoms with Gasteiger partial charge in [0.2, 0.25) is 0 Å². The molecule has 0 aromatic carbocycles. The minimum absolute atomic E-state index is 0.0326. The molecule has 3 heteroatoms. The molecule has 1 heterocycles. The van der Waals surface area contributed by atoms with E-state index in [1.54, 1.807) is 0 Å². The Balaban J connectivity index is 2.57. The first-order chi connectivity index (χ1) is 6.01. The molecule has 2 atom stereocenters. The fraction of sp³-hybridized carbons (Fsp3) is 1.00. The molecule has 0 radical (unpaired) electrons. The van der Waals surface area contributed by atoms with E-state index in [-0.39, 0.29) is 11.6 Å². The van der Waals surface area contributed by atoms with Gasteiger partial charge in [-0.25, -0.2) is 0 Å². The standard InChI is InChI=1S/C10H22N2O/c1-4-8-5-12(6-9(8)13)10(2,3)7-11/h8-9,13H,4-7,11H2,1-3H3. The number of likely N-dealkylation sites (tertiary alicyclic amines) is 1. The average molecular weight is 186 g/mol. The third-order valence-corrected chi connectivity index (χ3v) is 3.29. The lowest BCUT2D eigenvalue weighted by molar-refractivity contribution is 0.117. The summed E-state index contributed by atoms with van der Waals surface area (Å²) >= 11 is 0. The first-order valence-electron chi connectivity index (χ1n) is 5.14. The molecule has 0 aromatic rings. The normalized spacial score (nSPS) is 31.2. The summed E-state index contributed by atoms with van der Waals surface area (Å²) in [6.07, 6.45) is 0.897. The van der Waals surface area contributed by atoms with Gasteiger partial charge in [-0.2, -0.15) is 0 Å². The molecule has 1 rings (SSSR count). The molecule has 3 N–H and O–H groups in total. The summed E-state index contributed by atoms with van der Waals surface area (Å²) < 4.78 is 0. The van der Waals surface area contributed by atoms with Crippen LogP contribution in [0.3, 0.4) is 0 Å².